The van der Waals surface area contributed by atoms with E-state index in [9.17, 15) is 4.39 Å². The summed E-state index contributed by atoms with van der Waals surface area (Å²) in [7, 11) is 1.94. The molecule has 0 aliphatic heterocycles. The molecule has 2 nitrogen and oxygen atoms in total. The highest BCUT2D eigenvalue weighted by Crippen LogP contribution is 2.38. The summed E-state index contributed by atoms with van der Waals surface area (Å²) in [4.78, 5) is 9.06. The highest BCUT2D eigenvalue weighted by Gasteiger charge is 2.22. The largest absolute Gasteiger partial charge is 0.388 e. The molecule has 1 aliphatic rings. The fourth-order valence-electron chi connectivity index (χ4n) is 3.93. The molecule has 0 bridgehead atoms. The second-order valence-electron chi connectivity index (χ2n) is 7.37. The molecule has 0 radical (unpaired) electrons. The monoisotopic (exact) mass is 381 g/mol. The molecule has 0 spiro atoms. The molecule has 150 valence electrons. The van der Waals surface area contributed by atoms with E-state index in [0.717, 1.165) is 24.4 Å². The van der Waals surface area contributed by atoms with E-state index in [0.29, 0.717) is 12.2 Å². The van der Waals surface area contributed by atoms with Crippen molar-refractivity contribution in [2.24, 2.45) is 5.92 Å². The van der Waals surface area contributed by atoms with Gasteiger partial charge >= 0.3 is 0 Å². The van der Waals surface area contributed by atoms with Gasteiger partial charge in [0.05, 0.1) is 6.67 Å². The van der Waals surface area contributed by atoms with E-state index >= 15 is 0 Å². The molecule has 28 heavy (non-hydrogen) atoms. The first-order chi connectivity index (χ1) is 13.7. The van der Waals surface area contributed by atoms with E-state index in [2.05, 4.69) is 60.4 Å². The molecule has 1 fully saturated rings. The van der Waals surface area contributed by atoms with Crippen LogP contribution in [0.25, 0.3) is 11.1 Å². The van der Waals surface area contributed by atoms with Crippen molar-refractivity contribution < 1.29 is 9.18 Å². The summed E-state index contributed by atoms with van der Waals surface area (Å²) in [5.74, 6) is 1.44. The lowest BCUT2D eigenvalue weighted by Crippen LogP contribution is -2.13. The van der Waals surface area contributed by atoms with Gasteiger partial charge in [0.1, 0.15) is 6.29 Å². The Hall–Kier alpha value is -2.42. The van der Waals surface area contributed by atoms with Crippen LogP contribution in [0.4, 0.5) is 10.1 Å². The number of allylic oxidation sites excluding steroid dienone is 1. The first-order valence-electron chi connectivity index (χ1n) is 10.2. The number of rotatable bonds is 7. The molecule has 0 atom stereocenters. The van der Waals surface area contributed by atoms with Crippen LogP contribution in [0.15, 0.2) is 61.2 Å². The highest BCUT2D eigenvalue weighted by atomic mass is 19.1. The summed E-state index contributed by atoms with van der Waals surface area (Å²) < 4.78 is 12.3. The van der Waals surface area contributed by atoms with Crippen molar-refractivity contribution in [3.63, 3.8) is 0 Å². The van der Waals surface area contributed by atoms with Crippen LogP contribution in [0.3, 0.4) is 0 Å². The van der Waals surface area contributed by atoms with E-state index in [4.69, 9.17) is 4.79 Å². The predicted molar refractivity (Wildman–Crippen MR) is 118 cm³/mol. The fourth-order valence-corrected chi connectivity index (χ4v) is 3.93. The lowest BCUT2D eigenvalue weighted by molar-refractivity contribution is -0.104. The topological polar surface area (TPSA) is 29.1 Å². The van der Waals surface area contributed by atoms with Crippen LogP contribution in [0.5, 0.6) is 0 Å². The normalized spacial score (nSPS) is 18.5. The Morgan fingerprint density at radius 2 is 1.54 bits per heavy atom. The van der Waals surface area contributed by atoms with E-state index in [1.165, 1.54) is 48.4 Å². The zero-order chi connectivity index (χ0) is 20.2. The number of anilines is 1. The van der Waals surface area contributed by atoms with Gasteiger partial charge in [0.2, 0.25) is 0 Å². The molecule has 3 rings (SSSR count). The summed E-state index contributed by atoms with van der Waals surface area (Å²) in [6.45, 7) is 2.96. The van der Waals surface area contributed by atoms with Gasteiger partial charge in [0.15, 0.2) is 0 Å². The number of halogens is 1. The fraction of sp³-hybridized carbons (Fsp3) is 0.400. The second-order valence-corrected chi connectivity index (χ2v) is 7.37. The molecule has 1 N–H and O–H groups in total. The van der Waals surface area contributed by atoms with E-state index in [1.807, 2.05) is 7.05 Å². The lowest BCUT2D eigenvalue weighted by Gasteiger charge is -2.28. The number of nitrogens with one attached hydrogen (secondary N) is 1. The number of alkyl halides is 1. The third-order valence-corrected chi connectivity index (χ3v) is 5.58. The number of benzene rings is 2. The van der Waals surface area contributed by atoms with Gasteiger partial charge in [-0.1, -0.05) is 43.0 Å². The minimum Gasteiger partial charge on any atom is -0.388 e. The summed E-state index contributed by atoms with van der Waals surface area (Å²) in [6.07, 6.45) is 8.69. The second kappa shape index (κ2) is 12.1. The predicted octanol–water partition coefficient (Wildman–Crippen LogP) is 6.79. The van der Waals surface area contributed by atoms with Crippen LogP contribution >= 0.6 is 0 Å². The summed E-state index contributed by atoms with van der Waals surface area (Å²) in [5.41, 5.74) is 5.14. The standard InChI is InChI=1S/C22H28FN.C3H4O/c1-24-22-14-12-21(13-15-22)20-10-8-19(9-11-20)18-6-4-17(5-7-18)3-2-16-23;1-2-3-4/h8-15,17-18,24H,2-7,16H2,1H3;2-3H,1H2. The summed E-state index contributed by atoms with van der Waals surface area (Å²) in [6, 6.07) is 17.7. The van der Waals surface area contributed by atoms with Gasteiger partial charge in [-0.25, -0.2) is 0 Å². The first-order valence-corrected chi connectivity index (χ1v) is 10.2. The minimum atomic E-state index is -0.156. The van der Waals surface area contributed by atoms with Gasteiger partial charge < -0.3 is 5.32 Å². The molecule has 2 aromatic rings. The Bertz CT molecular complexity index is 694. The van der Waals surface area contributed by atoms with Crippen molar-refractivity contribution in [2.75, 3.05) is 19.0 Å². The minimum absolute atomic E-state index is 0.156. The SMILES string of the molecule is C=CC=O.CNc1ccc(-c2ccc(C3CCC(CCCF)CC3)cc2)cc1. The third-order valence-electron chi connectivity index (χ3n) is 5.58. The van der Waals surface area contributed by atoms with Crippen molar-refractivity contribution in [1.29, 1.82) is 0 Å². The molecule has 1 saturated carbocycles. The van der Waals surface area contributed by atoms with Crippen LogP contribution in [0.1, 0.15) is 50.0 Å². The number of hydrogen-bond donors (Lipinski definition) is 1. The Kier molecular flexibility index (Phi) is 9.47. The number of carbonyl (C=O) groups is 1. The quantitative estimate of drug-likeness (QED) is 0.422. The number of aldehydes is 1. The molecule has 0 unspecified atom stereocenters. The molecular weight excluding hydrogens is 349 g/mol. The van der Waals surface area contributed by atoms with Gasteiger partial charge in [0.25, 0.3) is 0 Å². The Morgan fingerprint density at radius 1 is 1.00 bits per heavy atom. The van der Waals surface area contributed by atoms with Crippen LogP contribution in [0.2, 0.25) is 0 Å². The molecule has 0 heterocycles. The summed E-state index contributed by atoms with van der Waals surface area (Å²) in [5, 5.41) is 3.15. The van der Waals surface area contributed by atoms with Crippen LogP contribution in [-0.4, -0.2) is 20.0 Å². The van der Waals surface area contributed by atoms with Gasteiger partial charge in [-0.2, -0.15) is 0 Å². The van der Waals surface area contributed by atoms with Gasteiger partial charge in [0, 0.05) is 12.7 Å². The molecule has 2 aromatic carbocycles. The zero-order valence-corrected chi connectivity index (χ0v) is 16.9. The number of hydrogen-bond acceptors (Lipinski definition) is 2. The molecular formula is C25H32FNO. The van der Waals surface area contributed by atoms with Gasteiger partial charge in [-0.3, -0.25) is 9.18 Å². The Labute approximate surface area is 168 Å². The van der Waals surface area contributed by atoms with E-state index in [-0.39, 0.29) is 6.67 Å². The molecule has 0 saturated heterocycles. The van der Waals surface area contributed by atoms with Gasteiger partial charge in [-0.15, -0.1) is 0 Å². The maximum absolute atomic E-state index is 12.3. The van der Waals surface area contributed by atoms with Crippen LogP contribution in [-0.2, 0) is 4.79 Å². The van der Waals surface area contributed by atoms with Crippen LogP contribution < -0.4 is 5.32 Å². The Balaban J connectivity index is 0.000000640. The van der Waals surface area contributed by atoms with Crippen LogP contribution in [0, 0.1) is 5.92 Å². The molecule has 0 amide bonds. The maximum Gasteiger partial charge on any atom is 0.142 e. The lowest BCUT2D eigenvalue weighted by atomic mass is 9.77. The van der Waals surface area contributed by atoms with Crippen molar-refractivity contribution >= 4 is 12.0 Å². The number of carbonyl (C=O) groups excluding carboxylic acids is 1. The van der Waals surface area contributed by atoms with Crippen molar-refractivity contribution in [1.82, 2.24) is 0 Å². The third kappa shape index (κ3) is 6.63. The maximum atomic E-state index is 12.3. The molecule has 0 aromatic heterocycles. The Morgan fingerprint density at radius 3 is 2.00 bits per heavy atom. The van der Waals surface area contributed by atoms with Gasteiger partial charge in [-0.05, 0) is 85.3 Å². The van der Waals surface area contributed by atoms with E-state index < -0.39 is 0 Å². The highest BCUT2D eigenvalue weighted by molar-refractivity contribution is 5.66. The summed E-state index contributed by atoms with van der Waals surface area (Å²) >= 11 is 0. The zero-order valence-electron chi connectivity index (χ0n) is 16.9. The van der Waals surface area contributed by atoms with Crippen molar-refractivity contribution in [3.05, 3.63) is 66.7 Å². The average molecular weight is 382 g/mol. The van der Waals surface area contributed by atoms with Crippen molar-refractivity contribution in [3.8, 4) is 11.1 Å². The first kappa shape index (κ1) is 21.9. The smallest absolute Gasteiger partial charge is 0.142 e. The molecule has 1 aliphatic carbocycles. The molecule has 3 heteroatoms. The van der Waals surface area contributed by atoms with E-state index in [1.54, 1.807) is 0 Å². The average Bonchev–Trinajstić information content (AvgIpc) is 2.78. The van der Waals surface area contributed by atoms with Crippen molar-refractivity contribution in [2.45, 2.75) is 44.4 Å².